The highest BCUT2D eigenvalue weighted by molar-refractivity contribution is 5.63. The predicted octanol–water partition coefficient (Wildman–Crippen LogP) is 5.11. The molecular weight excluding hydrogens is 324 g/mol. The topological polar surface area (TPSA) is 38.7 Å². The summed E-state index contributed by atoms with van der Waals surface area (Å²) in [5, 5.41) is 11.2. The predicted molar refractivity (Wildman–Crippen MR) is 106 cm³/mol. The summed E-state index contributed by atoms with van der Waals surface area (Å²) in [6.45, 7) is 1.90. The highest BCUT2D eigenvalue weighted by Crippen LogP contribution is 2.39. The lowest BCUT2D eigenvalue weighted by Gasteiger charge is -2.35. The molecule has 0 heterocycles. The third kappa shape index (κ3) is 4.00. The van der Waals surface area contributed by atoms with E-state index in [2.05, 4.69) is 12.2 Å². The minimum absolute atomic E-state index is 0.836. The molecule has 0 amide bonds. The normalized spacial score (nSPS) is 19.5. The van der Waals surface area contributed by atoms with Crippen molar-refractivity contribution < 1.29 is 14.6 Å². The molecule has 1 saturated carbocycles. The third-order valence-corrected chi connectivity index (χ3v) is 5.06. The molecule has 0 bridgehead atoms. The Hall–Kier alpha value is -2.52. The second-order valence-electron chi connectivity index (χ2n) is 6.81. The van der Waals surface area contributed by atoms with Crippen LogP contribution >= 0.6 is 0 Å². The fourth-order valence-electron chi connectivity index (χ4n) is 3.39. The molecule has 0 saturated heterocycles. The van der Waals surface area contributed by atoms with Gasteiger partial charge in [-0.05, 0) is 72.7 Å². The van der Waals surface area contributed by atoms with Gasteiger partial charge in [-0.1, -0.05) is 36.4 Å². The van der Waals surface area contributed by atoms with Crippen molar-refractivity contribution >= 4 is 12.2 Å². The van der Waals surface area contributed by atoms with E-state index in [0.717, 1.165) is 53.0 Å². The number of aliphatic hydroxyl groups is 1. The largest absolute Gasteiger partial charge is 0.497 e. The first kappa shape index (κ1) is 18.3. The molecular formula is C23H26O3. The monoisotopic (exact) mass is 350 g/mol. The molecule has 1 aliphatic carbocycles. The van der Waals surface area contributed by atoms with Crippen LogP contribution in [0.5, 0.6) is 11.5 Å². The SMILES string of the molecule is COc1ccc(/C=C2\CCC/C(=C\c3ccc(OC)cc3)C2(C)O)cc1. The lowest BCUT2D eigenvalue weighted by molar-refractivity contribution is 0.123. The van der Waals surface area contributed by atoms with E-state index in [0.29, 0.717) is 0 Å². The number of hydrogen-bond donors (Lipinski definition) is 1. The van der Waals surface area contributed by atoms with E-state index >= 15 is 0 Å². The molecule has 0 unspecified atom stereocenters. The Morgan fingerprint density at radius 1 is 0.769 bits per heavy atom. The molecule has 0 aromatic heterocycles. The van der Waals surface area contributed by atoms with Gasteiger partial charge in [-0.3, -0.25) is 0 Å². The Balaban J connectivity index is 1.88. The quantitative estimate of drug-likeness (QED) is 0.833. The summed E-state index contributed by atoms with van der Waals surface area (Å²) in [5.41, 5.74) is 3.32. The zero-order valence-electron chi connectivity index (χ0n) is 15.7. The van der Waals surface area contributed by atoms with Crippen molar-refractivity contribution in [2.45, 2.75) is 31.8 Å². The first-order chi connectivity index (χ1) is 12.5. The summed E-state index contributed by atoms with van der Waals surface area (Å²) in [4.78, 5) is 0. The number of rotatable bonds is 4. The number of ether oxygens (including phenoxy) is 2. The Morgan fingerprint density at radius 3 is 1.50 bits per heavy atom. The van der Waals surface area contributed by atoms with E-state index in [1.165, 1.54) is 0 Å². The molecule has 2 aromatic carbocycles. The summed E-state index contributed by atoms with van der Waals surface area (Å²) in [6, 6.07) is 15.8. The second kappa shape index (κ2) is 7.79. The highest BCUT2D eigenvalue weighted by atomic mass is 16.5. The minimum Gasteiger partial charge on any atom is -0.497 e. The van der Waals surface area contributed by atoms with E-state index in [9.17, 15) is 5.11 Å². The highest BCUT2D eigenvalue weighted by Gasteiger charge is 2.33. The Labute approximate surface area is 155 Å². The van der Waals surface area contributed by atoms with E-state index in [-0.39, 0.29) is 0 Å². The van der Waals surface area contributed by atoms with Crippen LogP contribution < -0.4 is 9.47 Å². The fraction of sp³-hybridized carbons (Fsp3) is 0.304. The maximum absolute atomic E-state index is 11.2. The molecule has 0 aliphatic heterocycles. The van der Waals surface area contributed by atoms with Crippen molar-refractivity contribution in [3.05, 3.63) is 70.8 Å². The van der Waals surface area contributed by atoms with Crippen molar-refractivity contribution in [2.24, 2.45) is 0 Å². The number of hydrogen-bond acceptors (Lipinski definition) is 3. The van der Waals surface area contributed by atoms with Crippen molar-refractivity contribution in [2.75, 3.05) is 14.2 Å². The Kier molecular flexibility index (Phi) is 5.48. The van der Waals surface area contributed by atoms with Gasteiger partial charge in [0.05, 0.1) is 14.2 Å². The molecule has 1 fully saturated rings. The van der Waals surface area contributed by atoms with Crippen LogP contribution in [0.2, 0.25) is 0 Å². The average molecular weight is 350 g/mol. The Bertz CT molecular complexity index is 729. The zero-order valence-corrected chi connectivity index (χ0v) is 15.7. The van der Waals surface area contributed by atoms with Crippen LogP contribution in [0.1, 0.15) is 37.3 Å². The first-order valence-corrected chi connectivity index (χ1v) is 8.95. The summed E-state index contributed by atoms with van der Waals surface area (Å²) in [5.74, 6) is 1.67. The van der Waals surface area contributed by atoms with Crippen molar-refractivity contribution in [3.8, 4) is 11.5 Å². The molecule has 3 rings (SSSR count). The van der Waals surface area contributed by atoms with Crippen LogP contribution in [0, 0.1) is 0 Å². The van der Waals surface area contributed by atoms with E-state index in [1.807, 2.05) is 55.5 Å². The summed E-state index contributed by atoms with van der Waals surface area (Å²) >= 11 is 0. The van der Waals surface area contributed by atoms with Gasteiger partial charge in [0.25, 0.3) is 0 Å². The van der Waals surface area contributed by atoms with Gasteiger partial charge in [-0.15, -0.1) is 0 Å². The zero-order chi connectivity index (χ0) is 18.6. The van der Waals surface area contributed by atoms with Gasteiger partial charge in [-0.2, -0.15) is 0 Å². The van der Waals surface area contributed by atoms with Gasteiger partial charge in [0.2, 0.25) is 0 Å². The van der Waals surface area contributed by atoms with E-state index in [1.54, 1.807) is 14.2 Å². The van der Waals surface area contributed by atoms with E-state index in [4.69, 9.17) is 9.47 Å². The van der Waals surface area contributed by atoms with E-state index < -0.39 is 5.60 Å². The van der Waals surface area contributed by atoms with Crippen LogP contribution in [0.25, 0.3) is 12.2 Å². The van der Waals surface area contributed by atoms with Crippen LogP contribution in [0.4, 0.5) is 0 Å². The molecule has 136 valence electrons. The van der Waals surface area contributed by atoms with Crippen molar-refractivity contribution in [1.29, 1.82) is 0 Å². The maximum Gasteiger partial charge on any atom is 0.118 e. The van der Waals surface area contributed by atoms with Crippen molar-refractivity contribution in [3.63, 3.8) is 0 Å². The van der Waals surface area contributed by atoms with Gasteiger partial charge in [0.15, 0.2) is 0 Å². The third-order valence-electron chi connectivity index (χ3n) is 5.06. The van der Waals surface area contributed by atoms with Crippen LogP contribution in [0.15, 0.2) is 59.7 Å². The minimum atomic E-state index is -0.932. The Morgan fingerprint density at radius 2 is 1.15 bits per heavy atom. The second-order valence-corrected chi connectivity index (χ2v) is 6.81. The lowest BCUT2D eigenvalue weighted by atomic mass is 9.76. The summed E-state index contributed by atoms with van der Waals surface area (Å²) < 4.78 is 10.4. The standard InChI is InChI=1S/C23H26O3/c1-23(24)19(15-17-7-11-21(25-2)12-8-17)5-4-6-20(23)16-18-9-13-22(26-3)14-10-18/h7-16,24H,4-6H2,1-3H3/b19-15+,20-16+. The van der Waals surface area contributed by atoms with Gasteiger partial charge >= 0.3 is 0 Å². The fourth-order valence-corrected chi connectivity index (χ4v) is 3.39. The lowest BCUT2D eigenvalue weighted by Crippen LogP contribution is -2.32. The van der Waals surface area contributed by atoms with Crippen LogP contribution in [-0.4, -0.2) is 24.9 Å². The van der Waals surface area contributed by atoms with Gasteiger partial charge in [0.1, 0.15) is 17.1 Å². The average Bonchev–Trinajstić information content (AvgIpc) is 2.66. The molecule has 26 heavy (non-hydrogen) atoms. The molecule has 0 radical (unpaired) electrons. The summed E-state index contributed by atoms with van der Waals surface area (Å²) in [6.07, 6.45) is 7.04. The van der Waals surface area contributed by atoms with Gasteiger partial charge < -0.3 is 14.6 Å². The molecule has 0 spiro atoms. The molecule has 2 aromatic rings. The van der Waals surface area contributed by atoms with Crippen LogP contribution in [-0.2, 0) is 0 Å². The summed E-state index contributed by atoms with van der Waals surface area (Å²) in [7, 11) is 3.32. The first-order valence-electron chi connectivity index (χ1n) is 8.95. The smallest absolute Gasteiger partial charge is 0.118 e. The van der Waals surface area contributed by atoms with Gasteiger partial charge in [0, 0.05) is 0 Å². The molecule has 1 aliphatic rings. The molecule has 3 heteroatoms. The van der Waals surface area contributed by atoms with Crippen LogP contribution in [0.3, 0.4) is 0 Å². The molecule has 0 atom stereocenters. The number of methoxy groups -OCH3 is 2. The molecule has 3 nitrogen and oxygen atoms in total. The number of benzene rings is 2. The molecule has 1 N–H and O–H groups in total. The van der Waals surface area contributed by atoms with Gasteiger partial charge in [-0.25, -0.2) is 0 Å². The maximum atomic E-state index is 11.2. The van der Waals surface area contributed by atoms with Crippen molar-refractivity contribution in [1.82, 2.24) is 0 Å².